The molecule has 0 saturated heterocycles. The maximum Gasteiger partial charge on any atom is 0.181 e. The van der Waals surface area contributed by atoms with E-state index in [1.807, 2.05) is 123 Å². The first-order valence-corrected chi connectivity index (χ1v) is 35.6. The van der Waals surface area contributed by atoms with Gasteiger partial charge in [-0.15, -0.1) is 0 Å². The Morgan fingerprint density at radius 1 is 0.150 bits per heavy atom. The third-order valence-corrected chi connectivity index (χ3v) is 19.5. The first-order valence-electron chi connectivity index (χ1n) is 35.6. The van der Waals surface area contributed by atoms with Crippen molar-refractivity contribution in [2.24, 2.45) is 0 Å². The molecule has 0 radical (unpaired) electrons. The number of aromatic nitrogens is 12. The van der Waals surface area contributed by atoms with Gasteiger partial charge < -0.3 is 0 Å². The molecule has 0 bridgehead atoms. The molecule has 12 nitrogen and oxygen atoms in total. The lowest BCUT2D eigenvalue weighted by Gasteiger charge is -2.10. The lowest BCUT2D eigenvalue weighted by atomic mass is 10.0. The maximum absolute atomic E-state index is 5.06. The lowest BCUT2D eigenvalue weighted by Crippen LogP contribution is -1.97. The largest absolute Gasteiger partial charge is 0.232 e. The van der Waals surface area contributed by atoms with E-state index in [1.165, 1.54) is 32.7 Å². The van der Waals surface area contributed by atoms with Gasteiger partial charge in [0.2, 0.25) is 0 Å². The summed E-state index contributed by atoms with van der Waals surface area (Å²) in [6.45, 7) is 0. The number of fused-ring (bicyclic) bond motifs is 11. The van der Waals surface area contributed by atoms with E-state index in [1.54, 1.807) is 0 Å². The molecule has 107 heavy (non-hydrogen) atoms. The van der Waals surface area contributed by atoms with Crippen LogP contribution >= 0.6 is 0 Å². The Balaban J connectivity index is 0.000000110. The summed E-state index contributed by atoms with van der Waals surface area (Å²) in [7, 11) is 0. The molecule has 12 aromatic carbocycles. The Kier molecular flexibility index (Phi) is 16.3. The molecule has 502 valence electrons. The fourth-order valence-corrected chi connectivity index (χ4v) is 14.0. The minimum Gasteiger partial charge on any atom is -0.232 e. The molecule has 0 unspecified atom stereocenters. The second kappa shape index (κ2) is 27.5. The maximum atomic E-state index is 5.06. The van der Waals surface area contributed by atoms with Crippen LogP contribution in [0.5, 0.6) is 0 Å². The molecule has 21 aromatic rings. The number of pyridine rings is 3. The molecule has 0 saturated carbocycles. The fourth-order valence-electron chi connectivity index (χ4n) is 14.0. The molecule has 9 heterocycles. The highest BCUT2D eigenvalue weighted by atomic mass is 15.3. The Labute approximate surface area is 615 Å². The highest BCUT2D eigenvalue weighted by Crippen LogP contribution is 2.35. The van der Waals surface area contributed by atoms with Crippen LogP contribution in [-0.2, 0) is 0 Å². The molecule has 0 fully saturated rings. The van der Waals surface area contributed by atoms with E-state index >= 15 is 0 Å². The van der Waals surface area contributed by atoms with Crippen LogP contribution in [0.4, 0.5) is 0 Å². The molecule has 0 spiro atoms. The molecule has 0 aliphatic heterocycles. The van der Waals surface area contributed by atoms with Crippen molar-refractivity contribution in [3.05, 3.63) is 376 Å². The summed E-state index contributed by atoms with van der Waals surface area (Å²) in [5.41, 5.74) is 22.4. The van der Waals surface area contributed by atoms with Crippen molar-refractivity contribution in [2.75, 3.05) is 0 Å². The predicted octanol–water partition coefficient (Wildman–Crippen LogP) is 22.8. The van der Waals surface area contributed by atoms with Gasteiger partial charge in [0.1, 0.15) is 17.1 Å². The van der Waals surface area contributed by atoms with E-state index in [9.17, 15) is 0 Å². The Morgan fingerprint density at radius 2 is 0.383 bits per heavy atom. The SMILES string of the molecule is c1ccc(-c2cc(-c3ccccc3)nc(-c3cc4ccc5ccccc5n4n3)n2)cc1.c1ccc(-c2ccc(-c3cc(-c4ccccc4)nc(-c4cc5ccc6ccccc6n5n4)n3)cc2)cc1.c1ccc2cc(-c3cc(-c4ccc5ccccc5c4)nc(-c4cc5ccc6ccccc6n5n4)n3)ccc2c1. The molecule has 21 rings (SSSR count). The summed E-state index contributed by atoms with van der Waals surface area (Å²) in [4.78, 5) is 29.8. The number of nitrogens with zero attached hydrogens (tertiary/aromatic N) is 12. The topological polar surface area (TPSA) is 129 Å². The van der Waals surface area contributed by atoms with Crippen molar-refractivity contribution in [3.8, 4) is 113 Å². The summed E-state index contributed by atoms with van der Waals surface area (Å²) >= 11 is 0. The molecule has 0 amide bonds. The van der Waals surface area contributed by atoms with Crippen molar-refractivity contribution in [1.82, 2.24) is 58.7 Å². The quantitative estimate of drug-likeness (QED) is 0.131. The summed E-state index contributed by atoms with van der Waals surface area (Å²) in [5, 5.41) is 23.0. The van der Waals surface area contributed by atoms with Crippen LogP contribution in [0, 0.1) is 0 Å². The third-order valence-electron chi connectivity index (χ3n) is 19.5. The van der Waals surface area contributed by atoms with Gasteiger partial charge >= 0.3 is 0 Å². The zero-order valence-corrected chi connectivity index (χ0v) is 57.7. The number of rotatable bonds is 10. The average Bonchev–Trinajstić information content (AvgIpc) is 1.74. The van der Waals surface area contributed by atoms with Gasteiger partial charge in [0.15, 0.2) is 17.5 Å². The van der Waals surface area contributed by atoms with Crippen molar-refractivity contribution in [1.29, 1.82) is 0 Å². The van der Waals surface area contributed by atoms with Gasteiger partial charge in [0, 0.05) is 49.5 Å². The van der Waals surface area contributed by atoms with Crippen LogP contribution < -0.4 is 0 Å². The summed E-state index contributed by atoms with van der Waals surface area (Å²) < 4.78 is 5.91. The predicted molar refractivity (Wildman–Crippen MR) is 434 cm³/mol. The zero-order valence-electron chi connectivity index (χ0n) is 57.7. The highest BCUT2D eigenvalue weighted by Gasteiger charge is 2.19. The molecule has 0 aliphatic rings. The first kappa shape index (κ1) is 63.2. The molecule has 9 aromatic heterocycles. The minimum absolute atomic E-state index is 0.608. The van der Waals surface area contributed by atoms with Gasteiger partial charge in [-0.25, -0.2) is 43.5 Å². The smallest absolute Gasteiger partial charge is 0.181 e. The van der Waals surface area contributed by atoms with Crippen molar-refractivity contribution in [2.45, 2.75) is 0 Å². The normalized spacial score (nSPS) is 11.4. The van der Waals surface area contributed by atoms with Gasteiger partial charge in [-0.2, -0.15) is 15.3 Å². The second-order valence-corrected chi connectivity index (χ2v) is 26.3. The summed E-state index contributed by atoms with van der Waals surface area (Å²) in [6, 6.07) is 129. The minimum atomic E-state index is 0.608. The Morgan fingerprint density at radius 3 is 0.720 bits per heavy atom. The standard InChI is InChI=1S/C35H22N4.C33H22N4.C27H18N4/c1-3-10-26-19-28(15-13-23(26)7-1)31-22-32(29-16-14-24-8-2-4-11-27(24)20-29)37-35(36-31)33-21-30-18-17-25-9-5-6-12-34(25)39(30)38-33;1-3-9-23(10-4-1)24-15-17-26(18-16-24)30-22-29(25-11-5-2-6-12-25)34-33(35-30)31-21-28-20-19-27-13-7-8-14-32(27)37(28)36-31;1-3-9-19(10-4-1)23-18-24(20-11-5-2-6-12-20)29-27(28-23)25-17-22-16-15-21-13-7-8-14-26(21)31(22)30-25/h1-22H;1-22H;1-18H. The van der Waals surface area contributed by atoms with Crippen molar-refractivity contribution < 1.29 is 0 Å². The van der Waals surface area contributed by atoms with Crippen LogP contribution in [0.3, 0.4) is 0 Å². The van der Waals surface area contributed by atoms with Crippen LogP contribution in [0.1, 0.15) is 0 Å². The molecule has 0 atom stereocenters. The van der Waals surface area contributed by atoms with Crippen LogP contribution in [-0.4, -0.2) is 58.7 Å². The molecular formula is C95H62N12. The Bertz CT molecular complexity index is 6720. The molecule has 12 heteroatoms. The van der Waals surface area contributed by atoms with E-state index < -0.39 is 0 Å². The van der Waals surface area contributed by atoms with Gasteiger partial charge in [-0.3, -0.25) is 0 Å². The highest BCUT2D eigenvalue weighted by molar-refractivity contribution is 5.91. The fraction of sp³-hybridized carbons (Fsp3) is 0. The third kappa shape index (κ3) is 12.7. The summed E-state index contributed by atoms with van der Waals surface area (Å²) in [5.74, 6) is 1.83. The van der Waals surface area contributed by atoms with Gasteiger partial charge in [0.25, 0.3) is 0 Å². The zero-order chi connectivity index (χ0) is 71.0. The lowest BCUT2D eigenvalue weighted by molar-refractivity contribution is 0.995. The van der Waals surface area contributed by atoms with Crippen LogP contribution in [0.15, 0.2) is 376 Å². The number of benzene rings is 12. The van der Waals surface area contributed by atoms with Gasteiger partial charge in [-0.1, -0.05) is 291 Å². The number of hydrogen-bond acceptors (Lipinski definition) is 9. The van der Waals surface area contributed by atoms with Gasteiger partial charge in [-0.05, 0) is 118 Å². The van der Waals surface area contributed by atoms with E-state index in [0.717, 1.165) is 134 Å². The molecular weight excluding hydrogens is 1310 g/mol. The Hall–Kier alpha value is -14.8. The van der Waals surface area contributed by atoms with E-state index in [0.29, 0.717) is 17.5 Å². The molecule has 0 aliphatic carbocycles. The number of para-hydroxylation sites is 3. The number of hydrogen-bond donors (Lipinski definition) is 0. The molecule has 0 N–H and O–H groups in total. The van der Waals surface area contributed by atoms with Crippen molar-refractivity contribution in [3.63, 3.8) is 0 Å². The van der Waals surface area contributed by atoms with Gasteiger partial charge in [0.05, 0.1) is 67.3 Å². The average molecular weight is 1370 g/mol. The monoisotopic (exact) mass is 1370 g/mol. The van der Waals surface area contributed by atoms with Crippen LogP contribution in [0.2, 0.25) is 0 Å². The first-order chi connectivity index (χ1) is 52.9. The van der Waals surface area contributed by atoms with Crippen LogP contribution in [0.25, 0.3) is 184 Å². The van der Waals surface area contributed by atoms with E-state index in [-0.39, 0.29) is 0 Å². The van der Waals surface area contributed by atoms with E-state index in [4.69, 9.17) is 45.2 Å². The second-order valence-electron chi connectivity index (χ2n) is 26.3. The summed E-state index contributed by atoms with van der Waals surface area (Å²) in [6.07, 6.45) is 0. The van der Waals surface area contributed by atoms with E-state index in [2.05, 4.69) is 267 Å². The van der Waals surface area contributed by atoms with Crippen molar-refractivity contribution >= 4 is 70.8 Å².